The number of rotatable bonds is 6. The number of aromatic nitrogens is 4. The van der Waals surface area contributed by atoms with Crippen LogP contribution in [0.5, 0.6) is 0 Å². The molecule has 3 aromatic heterocycles. The molecule has 5 heterocycles. The van der Waals surface area contributed by atoms with Gasteiger partial charge in [-0.1, -0.05) is 26.2 Å². The first-order valence-electron chi connectivity index (χ1n) is 12.8. The number of terminal acetylenes is 1. The summed E-state index contributed by atoms with van der Waals surface area (Å²) in [6, 6.07) is 7.81. The number of morpholine rings is 1. The maximum absolute atomic E-state index is 5.80. The summed E-state index contributed by atoms with van der Waals surface area (Å²) in [6.45, 7) is 10.4. The van der Waals surface area contributed by atoms with E-state index in [4.69, 9.17) is 16.1 Å². The molecule has 0 radical (unpaired) electrons. The zero-order valence-electron chi connectivity index (χ0n) is 21.3. The number of anilines is 3. The number of nitrogens with zero attached hydrogens (tertiary/aromatic N) is 6. The average molecular weight is 486 g/mol. The van der Waals surface area contributed by atoms with Crippen molar-refractivity contribution in [1.82, 2.24) is 24.8 Å². The van der Waals surface area contributed by atoms with E-state index in [0.717, 1.165) is 80.0 Å². The van der Waals surface area contributed by atoms with Gasteiger partial charge in [0.15, 0.2) is 0 Å². The highest BCUT2D eigenvalue weighted by Gasteiger charge is 2.17. The fourth-order valence-corrected chi connectivity index (χ4v) is 4.22. The Kier molecular flexibility index (Phi) is 9.20. The summed E-state index contributed by atoms with van der Waals surface area (Å²) in [7, 11) is 0. The maximum atomic E-state index is 5.80. The highest BCUT2D eigenvalue weighted by Crippen LogP contribution is 2.27. The summed E-state index contributed by atoms with van der Waals surface area (Å²) >= 11 is 0. The van der Waals surface area contributed by atoms with Crippen molar-refractivity contribution in [3.8, 4) is 23.6 Å². The smallest absolute Gasteiger partial charge is 0.227 e. The van der Waals surface area contributed by atoms with Crippen molar-refractivity contribution in [3.63, 3.8) is 0 Å². The molecule has 3 aromatic rings. The van der Waals surface area contributed by atoms with E-state index in [0.29, 0.717) is 5.95 Å². The number of pyridine rings is 2. The Morgan fingerprint density at radius 2 is 1.75 bits per heavy atom. The van der Waals surface area contributed by atoms with Gasteiger partial charge in [-0.3, -0.25) is 9.88 Å². The summed E-state index contributed by atoms with van der Waals surface area (Å²) in [5, 5.41) is 3.30. The fraction of sp³-hybridized carbons (Fsp3) is 0.429. The summed E-state index contributed by atoms with van der Waals surface area (Å²) in [6.07, 6.45) is 14.8. The van der Waals surface area contributed by atoms with Crippen LogP contribution in [0.2, 0.25) is 0 Å². The van der Waals surface area contributed by atoms with Crippen LogP contribution in [0.4, 0.5) is 17.5 Å². The van der Waals surface area contributed by atoms with Crippen LogP contribution >= 0.6 is 0 Å². The third-order valence-electron chi connectivity index (χ3n) is 5.94. The monoisotopic (exact) mass is 485 g/mol. The van der Waals surface area contributed by atoms with Gasteiger partial charge in [-0.25, -0.2) is 15.0 Å². The zero-order valence-corrected chi connectivity index (χ0v) is 21.3. The third-order valence-corrected chi connectivity index (χ3v) is 5.94. The lowest BCUT2D eigenvalue weighted by molar-refractivity contribution is 0.0336. The Hall–Kier alpha value is -3.54. The van der Waals surface area contributed by atoms with E-state index in [1.165, 1.54) is 19.3 Å². The van der Waals surface area contributed by atoms with Gasteiger partial charge in [0.2, 0.25) is 5.95 Å². The van der Waals surface area contributed by atoms with Crippen molar-refractivity contribution < 1.29 is 4.74 Å². The van der Waals surface area contributed by atoms with Crippen LogP contribution in [0.15, 0.2) is 42.9 Å². The van der Waals surface area contributed by atoms with Crippen LogP contribution in [-0.4, -0.2) is 64.2 Å². The Morgan fingerprint density at radius 1 is 1.00 bits per heavy atom. The van der Waals surface area contributed by atoms with Crippen molar-refractivity contribution in [2.75, 3.05) is 49.6 Å². The van der Waals surface area contributed by atoms with Gasteiger partial charge >= 0.3 is 0 Å². The van der Waals surface area contributed by atoms with E-state index in [2.05, 4.69) is 49.8 Å². The highest BCUT2D eigenvalue weighted by atomic mass is 16.5. The molecule has 2 fully saturated rings. The molecule has 0 amide bonds. The van der Waals surface area contributed by atoms with Gasteiger partial charge in [0.1, 0.15) is 5.82 Å². The number of hydrogen-bond donors (Lipinski definition) is 1. The molecule has 8 nitrogen and oxygen atoms in total. The quantitative estimate of drug-likeness (QED) is 0.511. The Morgan fingerprint density at radius 3 is 2.50 bits per heavy atom. The molecule has 1 N–H and O–H groups in total. The molecule has 0 spiro atoms. The lowest BCUT2D eigenvalue weighted by atomic mass is 10.1. The molecule has 0 aliphatic carbocycles. The molecule has 36 heavy (non-hydrogen) atoms. The van der Waals surface area contributed by atoms with E-state index < -0.39 is 0 Å². The van der Waals surface area contributed by atoms with Gasteiger partial charge < -0.3 is 15.0 Å². The summed E-state index contributed by atoms with van der Waals surface area (Å²) < 4.78 is 5.43. The van der Waals surface area contributed by atoms with Crippen molar-refractivity contribution in [3.05, 3.63) is 54.1 Å². The van der Waals surface area contributed by atoms with Gasteiger partial charge in [0.25, 0.3) is 0 Å². The molecular weight excluding hydrogens is 450 g/mol. The normalized spacial score (nSPS) is 15.6. The predicted molar refractivity (Wildman–Crippen MR) is 144 cm³/mol. The standard InChI is InChI=1S/C25H27N7O.C3H8/c1-2-19-15-20(17-28-24(19)32-9-3-4-10-32)23-6-8-27-25(30-23)29-21-5-7-26-22(16-21)18-31-11-13-33-14-12-31;1-3-2/h1,5-8,15-17H,3-4,9-14,18H2,(H,26,27,29,30);3H2,1-2H3. The number of nitrogens with one attached hydrogen (secondary N) is 1. The summed E-state index contributed by atoms with van der Waals surface area (Å²) in [4.78, 5) is 22.9. The molecule has 2 aliphatic rings. The van der Waals surface area contributed by atoms with Gasteiger partial charge in [-0.05, 0) is 37.1 Å². The van der Waals surface area contributed by atoms with E-state index in [9.17, 15) is 0 Å². The molecule has 0 unspecified atom stereocenters. The Balaban J connectivity index is 0.000000967. The molecule has 0 bridgehead atoms. The van der Waals surface area contributed by atoms with Gasteiger partial charge in [0, 0.05) is 62.6 Å². The van der Waals surface area contributed by atoms with Crippen LogP contribution in [-0.2, 0) is 11.3 Å². The van der Waals surface area contributed by atoms with E-state index in [1.54, 1.807) is 6.20 Å². The molecule has 0 saturated carbocycles. The second kappa shape index (κ2) is 13.0. The molecule has 188 valence electrons. The zero-order chi connectivity index (χ0) is 25.2. The summed E-state index contributed by atoms with van der Waals surface area (Å²) in [5.41, 5.74) is 4.34. The molecule has 8 heteroatoms. The first-order valence-corrected chi connectivity index (χ1v) is 12.8. The molecule has 2 aliphatic heterocycles. The van der Waals surface area contributed by atoms with Crippen molar-refractivity contribution >= 4 is 17.5 Å². The number of ether oxygens (including phenoxy) is 1. The van der Waals surface area contributed by atoms with Crippen LogP contribution in [0.1, 0.15) is 44.4 Å². The van der Waals surface area contributed by atoms with Crippen LogP contribution < -0.4 is 10.2 Å². The minimum atomic E-state index is 0.516. The lowest BCUT2D eigenvalue weighted by Gasteiger charge is -2.26. The van der Waals surface area contributed by atoms with Crippen LogP contribution in [0.3, 0.4) is 0 Å². The Labute approximate surface area is 214 Å². The van der Waals surface area contributed by atoms with E-state index >= 15 is 0 Å². The average Bonchev–Trinajstić information content (AvgIpc) is 3.45. The largest absolute Gasteiger partial charge is 0.379 e. The van der Waals surface area contributed by atoms with E-state index in [1.807, 2.05) is 36.7 Å². The van der Waals surface area contributed by atoms with E-state index in [-0.39, 0.29) is 0 Å². The minimum absolute atomic E-state index is 0.516. The highest BCUT2D eigenvalue weighted by molar-refractivity contribution is 5.67. The second-order valence-electron chi connectivity index (χ2n) is 8.96. The summed E-state index contributed by atoms with van der Waals surface area (Å²) in [5.74, 6) is 4.20. The molecule has 0 aromatic carbocycles. The number of hydrogen-bond acceptors (Lipinski definition) is 8. The van der Waals surface area contributed by atoms with Gasteiger partial charge in [0.05, 0.1) is 30.2 Å². The topological polar surface area (TPSA) is 79.3 Å². The lowest BCUT2D eigenvalue weighted by Crippen LogP contribution is -2.35. The maximum Gasteiger partial charge on any atom is 0.227 e. The Bertz CT molecular complexity index is 1160. The fourth-order valence-electron chi connectivity index (χ4n) is 4.22. The van der Waals surface area contributed by atoms with Crippen molar-refractivity contribution in [2.24, 2.45) is 0 Å². The first kappa shape index (κ1) is 25.5. The molecule has 0 atom stereocenters. The molecular formula is C28H35N7O. The van der Waals surface area contributed by atoms with Crippen molar-refractivity contribution in [1.29, 1.82) is 0 Å². The van der Waals surface area contributed by atoms with Crippen LogP contribution in [0, 0.1) is 12.3 Å². The van der Waals surface area contributed by atoms with Crippen LogP contribution in [0.25, 0.3) is 11.3 Å². The first-order chi connectivity index (χ1) is 17.7. The predicted octanol–water partition coefficient (Wildman–Crippen LogP) is 4.51. The SMILES string of the molecule is C#Cc1cc(-c2ccnc(Nc3ccnc(CN4CCOCC4)c3)n2)cnc1N1CCCC1.CCC. The molecule has 2 saturated heterocycles. The third kappa shape index (κ3) is 6.78. The second-order valence-corrected chi connectivity index (χ2v) is 8.96. The minimum Gasteiger partial charge on any atom is -0.379 e. The van der Waals surface area contributed by atoms with Crippen molar-refractivity contribution in [2.45, 2.75) is 39.7 Å². The van der Waals surface area contributed by atoms with Gasteiger partial charge in [-0.2, -0.15) is 0 Å². The van der Waals surface area contributed by atoms with Gasteiger partial charge in [-0.15, -0.1) is 6.42 Å². The molecule has 5 rings (SSSR count).